The molecule has 0 saturated carbocycles. The molecular formula is C22H32FN3O3. The maximum absolute atomic E-state index is 13.0. The second kappa shape index (κ2) is 10.7. The van der Waals surface area contributed by atoms with Crippen LogP contribution in [0.2, 0.25) is 0 Å². The van der Waals surface area contributed by atoms with E-state index in [1.807, 2.05) is 4.90 Å². The number of amides is 2. The van der Waals surface area contributed by atoms with Gasteiger partial charge in [0.05, 0.1) is 13.0 Å². The number of nitrogens with one attached hydrogen (secondary N) is 1. The molecule has 2 fully saturated rings. The smallest absolute Gasteiger partial charge is 0.226 e. The number of rotatable bonds is 7. The summed E-state index contributed by atoms with van der Waals surface area (Å²) in [5.74, 6) is 0.0723. The van der Waals surface area contributed by atoms with Crippen molar-refractivity contribution < 1.29 is 18.7 Å². The number of likely N-dealkylation sites (tertiary alicyclic amines) is 2. The fourth-order valence-corrected chi connectivity index (χ4v) is 4.32. The zero-order valence-corrected chi connectivity index (χ0v) is 17.2. The maximum atomic E-state index is 13.0. The van der Waals surface area contributed by atoms with Crippen LogP contribution in [0, 0.1) is 11.7 Å². The number of halogens is 1. The van der Waals surface area contributed by atoms with E-state index in [0.717, 1.165) is 57.4 Å². The average molecular weight is 406 g/mol. The number of carbonyl (C=O) groups is 2. The van der Waals surface area contributed by atoms with Crippen molar-refractivity contribution in [3.8, 4) is 0 Å². The Morgan fingerprint density at radius 2 is 1.72 bits per heavy atom. The first-order chi connectivity index (χ1) is 14.1. The summed E-state index contributed by atoms with van der Waals surface area (Å²) in [5.41, 5.74) is 0.851. The van der Waals surface area contributed by atoms with E-state index in [1.54, 1.807) is 19.2 Å². The number of carbonyl (C=O) groups excluding carboxylic acids is 2. The lowest BCUT2D eigenvalue weighted by Gasteiger charge is -2.41. The Labute approximate surface area is 172 Å². The Balaban J connectivity index is 1.38. The predicted octanol–water partition coefficient (Wildman–Crippen LogP) is 1.83. The number of benzene rings is 1. The van der Waals surface area contributed by atoms with E-state index in [0.29, 0.717) is 25.6 Å². The van der Waals surface area contributed by atoms with Gasteiger partial charge in [-0.1, -0.05) is 12.1 Å². The third-order valence-electron chi connectivity index (χ3n) is 6.11. The number of nitrogens with zero attached hydrogens (tertiary/aromatic N) is 2. The molecule has 0 aliphatic carbocycles. The van der Waals surface area contributed by atoms with Gasteiger partial charge in [0.15, 0.2) is 0 Å². The lowest BCUT2D eigenvalue weighted by molar-refractivity contribution is -0.132. The minimum Gasteiger partial charge on any atom is -0.383 e. The van der Waals surface area contributed by atoms with E-state index >= 15 is 0 Å². The highest BCUT2D eigenvalue weighted by Crippen LogP contribution is 2.24. The number of piperidine rings is 2. The van der Waals surface area contributed by atoms with Gasteiger partial charge < -0.3 is 19.9 Å². The number of hydrogen-bond donors (Lipinski definition) is 1. The van der Waals surface area contributed by atoms with Crippen LogP contribution >= 0.6 is 0 Å². The third-order valence-corrected chi connectivity index (χ3v) is 6.11. The molecule has 29 heavy (non-hydrogen) atoms. The molecule has 1 aromatic carbocycles. The molecule has 1 aromatic rings. The molecule has 160 valence electrons. The monoisotopic (exact) mass is 405 g/mol. The van der Waals surface area contributed by atoms with E-state index in [9.17, 15) is 14.0 Å². The minimum atomic E-state index is -0.279. The van der Waals surface area contributed by atoms with Crippen molar-refractivity contribution in [3.63, 3.8) is 0 Å². The Kier molecular flexibility index (Phi) is 8.00. The molecule has 2 saturated heterocycles. The highest BCUT2D eigenvalue weighted by molar-refractivity contribution is 5.79. The standard InChI is InChI=1S/C22H32FN3O3/c1-29-15-10-24-22(28)18-6-11-25(12-7-18)20-8-13-26(14-9-20)21(27)16-17-2-4-19(23)5-3-17/h2-5,18,20H,6-16H2,1H3,(H,24,28). The maximum Gasteiger partial charge on any atom is 0.226 e. The first-order valence-corrected chi connectivity index (χ1v) is 10.6. The second-order valence-corrected chi connectivity index (χ2v) is 8.01. The van der Waals surface area contributed by atoms with Gasteiger partial charge in [0.25, 0.3) is 0 Å². The zero-order chi connectivity index (χ0) is 20.6. The van der Waals surface area contributed by atoms with Crippen molar-refractivity contribution in [3.05, 3.63) is 35.6 Å². The van der Waals surface area contributed by atoms with Gasteiger partial charge in [-0.2, -0.15) is 0 Å². The van der Waals surface area contributed by atoms with Crippen LogP contribution in [0.25, 0.3) is 0 Å². The molecule has 1 N–H and O–H groups in total. The Morgan fingerprint density at radius 1 is 1.07 bits per heavy atom. The van der Waals surface area contributed by atoms with Crippen LogP contribution in [-0.4, -0.2) is 74.1 Å². The van der Waals surface area contributed by atoms with E-state index in [2.05, 4.69) is 10.2 Å². The molecule has 0 radical (unpaired) electrons. The van der Waals surface area contributed by atoms with Crippen molar-refractivity contribution in [2.45, 2.75) is 38.1 Å². The van der Waals surface area contributed by atoms with Gasteiger partial charge in [0.1, 0.15) is 5.82 Å². The highest BCUT2D eigenvalue weighted by Gasteiger charge is 2.31. The molecule has 2 heterocycles. The summed E-state index contributed by atoms with van der Waals surface area (Å²) in [5, 5.41) is 2.94. The minimum absolute atomic E-state index is 0.0977. The quantitative estimate of drug-likeness (QED) is 0.703. The van der Waals surface area contributed by atoms with Gasteiger partial charge in [0.2, 0.25) is 11.8 Å². The van der Waals surface area contributed by atoms with Crippen molar-refractivity contribution >= 4 is 11.8 Å². The van der Waals surface area contributed by atoms with Gasteiger partial charge >= 0.3 is 0 Å². The molecule has 0 spiro atoms. The first-order valence-electron chi connectivity index (χ1n) is 10.6. The second-order valence-electron chi connectivity index (χ2n) is 8.01. The summed E-state index contributed by atoms with van der Waals surface area (Å²) in [6, 6.07) is 6.64. The summed E-state index contributed by atoms with van der Waals surface area (Å²) >= 11 is 0. The molecule has 2 aliphatic rings. The summed E-state index contributed by atoms with van der Waals surface area (Å²) < 4.78 is 18.0. The van der Waals surface area contributed by atoms with Crippen LogP contribution in [0.5, 0.6) is 0 Å². The molecule has 3 rings (SSSR count). The fraction of sp³-hybridized carbons (Fsp3) is 0.636. The molecule has 0 bridgehead atoms. The van der Waals surface area contributed by atoms with Crippen molar-refractivity contribution in [1.82, 2.24) is 15.1 Å². The Morgan fingerprint density at radius 3 is 2.34 bits per heavy atom. The largest absolute Gasteiger partial charge is 0.383 e. The topological polar surface area (TPSA) is 61.9 Å². The van der Waals surface area contributed by atoms with Gasteiger partial charge in [-0.05, 0) is 56.5 Å². The van der Waals surface area contributed by atoms with Gasteiger partial charge in [-0.3, -0.25) is 9.59 Å². The van der Waals surface area contributed by atoms with E-state index in [1.165, 1.54) is 12.1 Å². The summed E-state index contributed by atoms with van der Waals surface area (Å²) in [6.45, 7) is 4.53. The third kappa shape index (κ3) is 6.24. The van der Waals surface area contributed by atoms with Gasteiger partial charge in [-0.15, -0.1) is 0 Å². The van der Waals surface area contributed by atoms with E-state index in [-0.39, 0.29) is 23.5 Å². The summed E-state index contributed by atoms with van der Waals surface area (Å²) in [6.07, 6.45) is 4.05. The normalized spacial score (nSPS) is 19.3. The fourth-order valence-electron chi connectivity index (χ4n) is 4.32. The van der Waals surface area contributed by atoms with Crippen LogP contribution in [0.15, 0.2) is 24.3 Å². The van der Waals surface area contributed by atoms with Crippen LogP contribution in [0.1, 0.15) is 31.2 Å². The van der Waals surface area contributed by atoms with Crippen molar-refractivity contribution in [2.24, 2.45) is 5.92 Å². The SMILES string of the molecule is COCCNC(=O)C1CCN(C2CCN(C(=O)Cc3ccc(F)cc3)CC2)CC1. The first kappa shape index (κ1) is 21.7. The number of ether oxygens (including phenoxy) is 1. The van der Waals surface area contributed by atoms with Crippen LogP contribution in [0.3, 0.4) is 0 Å². The predicted molar refractivity (Wildman–Crippen MR) is 109 cm³/mol. The lowest BCUT2D eigenvalue weighted by atomic mass is 9.92. The van der Waals surface area contributed by atoms with Crippen molar-refractivity contribution in [2.75, 3.05) is 46.4 Å². The van der Waals surface area contributed by atoms with Crippen molar-refractivity contribution in [1.29, 1.82) is 0 Å². The Bertz CT molecular complexity index is 666. The zero-order valence-electron chi connectivity index (χ0n) is 17.2. The van der Waals surface area contributed by atoms with Gasteiger partial charge in [-0.25, -0.2) is 4.39 Å². The molecule has 2 aliphatic heterocycles. The average Bonchev–Trinajstić information content (AvgIpc) is 2.75. The van der Waals surface area contributed by atoms with E-state index < -0.39 is 0 Å². The Hall–Kier alpha value is -1.99. The molecule has 6 nitrogen and oxygen atoms in total. The van der Waals surface area contributed by atoms with Crippen LogP contribution in [0.4, 0.5) is 4.39 Å². The van der Waals surface area contributed by atoms with Crippen LogP contribution in [-0.2, 0) is 20.7 Å². The van der Waals surface area contributed by atoms with Crippen LogP contribution < -0.4 is 5.32 Å². The summed E-state index contributed by atoms with van der Waals surface area (Å²) in [7, 11) is 1.63. The molecule has 0 atom stereocenters. The molecule has 0 unspecified atom stereocenters. The lowest BCUT2D eigenvalue weighted by Crippen LogP contribution is -2.50. The molecule has 0 aromatic heterocycles. The van der Waals surface area contributed by atoms with E-state index in [4.69, 9.17) is 4.74 Å². The molecule has 2 amide bonds. The molecular weight excluding hydrogens is 373 g/mol. The summed E-state index contributed by atoms with van der Waals surface area (Å²) in [4.78, 5) is 29.1. The number of hydrogen-bond acceptors (Lipinski definition) is 4. The van der Waals surface area contributed by atoms with Gasteiger partial charge in [0, 0.05) is 38.7 Å². The number of methoxy groups -OCH3 is 1. The molecule has 7 heteroatoms. The highest BCUT2D eigenvalue weighted by atomic mass is 19.1.